The molecule has 1 aliphatic rings. The molecule has 1 aromatic carbocycles. The number of aliphatic hydroxyl groups is 1. The van der Waals surface area contributed by atoms with Crippen molar-refractivity contribution in [2.75, 3.05) is 26.9 Å². The van der Waals surface area contributed by atoms with Crippen molar-refractivity contribution in [3.05, 3.63) is 41.2 Å². The van der Waals surface area contributed by atoms with E-state index in [-0.39, 0.29) is 23.8 Å². The first-order valence-electron chi connectivity index (χ1n) is 9.27. The lowest BCUT2D eigenvalue weighted by molar-refractivity contribution is -0.130. The minimum absolute atomic E-state index is 0.145. The molecule has 6 heteroatoms. The maximum Gasteiger partial charge on any atom is 0.290 e. The van der Waals surface area contributed by atoms with Crippen molar-refractivity contribution in [3.8, 4) is 5.75 Å². The Morgan fingerprint density at radius 2 is 1.96 bits per heavy atom. The highest BCUT2D eigenvalue weighted by Gasteiger charge is 2.43. The van der Waals surface area contributed by atoms with Gasteiger partial charge in [-0.15, -0.1) is 0 Å². The predicted molar refractivity (Wildman–Crippen MR) is 103 cm³/mol. The Bertz CT molecular complexity index is 723. The van der Waals surface area contributed by atoms with Crippen LogP contribution >= 0.6 is 0 Å². The predicted octanol–water partition coefficient (Wildman–Crippen LogP) is 3.29. The minimum Gasteiger partial charge on any atom is -0.503 e. The summed E-state index contributed by atoms with van der Waals surface area (Å²) in [6.45, 7) is 8.78. The number of carbonyl (C=O) groups excluding carboxylic acids is 2. The van der Waals surface area contributed by atoms with Gasteiger partial charge < -0.3 is 19.5 Å². The Balaban J connectivity index is 2.45. The van der Waals surface area contributed by atoms with Gasteiger partial charge in [-0.05, 0) is 23.6 Å². The smallest absolute Gasteiger partial charge is 0.290 e. The van der Waals surface area contributed by atoms with E-state index >= 15 is 0 Å². The van der Waals surface area contributed by atoms with Crippen molar-refractivity contribution < 1.29 is 24.2 Å². The lowest BCUT2D eigenvalue weighted by Crippen LogP contribution is -2.34. The highest BCUT2D eigenvalue weighted by atomic mass is 16.5. The second-order valence-electron chi connectivity index (χ2n) is 7.45. The number of Topliss-reactive ketones (excluding diaryl/α,β-unsaturated/α-hetero) is 1. The Morgan fingerprint density at radius 1 is 1.26 bits per heavy atom. The number of aliphatic hydroxyl groups excluding tert-OH is 1. The summed E-state index contributed by atoms with van der Waals surface area (Å²) >= 11 is 0. The second-order valence-corrected chi connectivity index (χ2v) is 7.45. The molecule has 1 amide bonds. The van der Waals surface area contributed by atoms with Crippen molar-refractivity contribution in [1.82, 2.24) is 4.90 Å². The van der Waals surface area contributed by atoms with Crippen LogP contribution in [0.1, 0.15) is 39.3 Å². The second kappa shape index (κ2) is 9.04. The molecule has 0 saturated heterocycles. The van der Waals surface area contributed by atoms with Crippen LogP contribution in [0.15, 0.2) is 35.6 Å². The van der Waals surface area contributed by atoms with E-state index in [4.69, 9.17) is 9.47 Å². The topological polar surface area (TPSA) is 76.1 Å². The first-order chi connectivity index (χ1) is 12.8. The first-order valence-corrected chi connectivity index (χ1v) is 9.27. The van der Waals surface area contributed by atoms with Crippen LogP contribution in [-0.4, -0.2) is 48.6 Å². The molecule has 27 heavy (non-hydrogen) atoms. The van der Waals surface area contributed by atoms with Gasteiger partial charge in [-0.2, -0.15) is 0 Å². The fourth-order valence-electron chi connectivity index (χ4n) is 3.02. The Morgan fingerprint density at radius 3 is 2.56 bits per heavy atom. The van der Waals surface area contributed by atoms with Gasteiger partial charge in [-0.25, -0.2) is 0 Å². The van der Waals surface area contributed by atoms with Gasteiger partial charge in [-0.3, -0.25) is 9.59 Å². The summed E-state index contributed by atoms with van der Waals surface area (Å²) in [6, 6.07) is 6.69. The normalized spacial score (nSPS) is 17.4. The van der Waals surface area contributed by atoms with E-state index in [9.17, 15) is 14.7 Å². The summed E-state index contributed by atoms with van der Waals surface area (Å²) in [5.74, 6) is -0.540. The van der Waals surface area contributed by atoms with Gasteiger partial charge in [0.25, 0.3) is 5.91 Å². The Hall–Kier alpha value is -2.34. The lowest BCUT2D eigenvalue weighted by Gasteiger charge is -2.27. The third kappa shape index (κ3) is 4.69. The molecule has 0 aliphatic carbocycles. The third-order valence-electron chi connectivity index (χ3n) is 4.39. The molecule has 1 unspecified atom stereocenters. The standard InChI is InChI=1S/C21H29NO5/c1-13(2)12-27-16-8-6-7-15(11-16)18-17(19(23)14(3)4)20(24)21(25)22(18)9-10-26-5/h6-8,11,13-14,18,24H,9-10,12H2,1-5H3. The molecule has 0 aromatic heterocycles. The highest BCUT2D eigenvalue weighted by Crippen LogP contribution is 2.39. The van der Waals surface area contributed by atoms with Gasteiger partial charge in [0.1, 0.15) is 5.75 Å². The zero-order valence-electron chi connectivity index (χ0n) is 16.7. The van der Waals surface area contributed by atoms with Crippen LogP contribution in [0, 0.1) is 11.8 Å². The van der Waals surface area contributed by atoms with Crippen LogP contribution in [0.25, 0.3) is 0 Å². The molecular formula is C21H29NO5. The molecule has 0 radical (unpaired) electrons. The number of methoxy groups -OCH3 is 1. The third-order valence-corrected chi connectivity index (χ3v) is 4.39. The van der Waals surface area contributed by atoms with E-state index in [0.29, 0.717) is 24.9 Å². The van der Waals surface area contributed by atoms with Crippen molar-refractivity contribution in [2.24, 2.45) is 11.8 Å². The zero-order valence-corrected chi connectivity index (χ0v) is 16.7. The van der Waals surface area contributed by atoms with Gasteiger partial charge in [0.05, 0.1) is 24.8 Å². The van der Waals surface area contributed by atoms with Crippen LogP contribution < -0.4 is 4.74 Å². The van der Waals surface area contributed by atoms with Crippen molar-refractivity contribution in [2.45, 2.75) is 33.7 Å². The Kier molecular flexibility index (Phi) is 7.02. The average Bonchev–Trinajstić information content (AvgIpc) is 2.88. The van der Waals surface area contributed by atoms with Crippen molar-refractivity contribution in [1.29, 1.82) is 0 Å². The maximum absolute atomic E-state index is 12.7. The monoisotopic (exact) mass is 375 g/mol. The summed E-state index contributed by atoms with van der Waals surface area (Å²) < 4.78 is 10.9. The van der Waals surface area contributed by atoms with Gasteiger partial charge in [0.2, 0.25) is 0 Å². The average molecular weight is 375 g/mol. The lowest BCUT2D eigenvalue weighted by atomic mass is 9.91. The zero-order chi connectivity index (χ0) is 20.1. The van der Waals surface area contributed by atoms with Gasteiger partial charge in [0, 0.05) is 19.6 Å². The molecule has 6 nitrogen and oxygen atoms in total. The number of hydrogen-bond acceptors (Lipinski definition) is 5. The van der Waals surface area contributed by atoms with Crippen LogP contribution in [0.5, 0.6) is 5.75 Å². The van der Waals surface area contributed by atoms with E-state index < -0.39 is 17.7 Å². The van der Waals surface area contributed by atoms with Crippen LogP contribution in [0.4, 0.5) is 0 Å². The quantitative estimate of drug-likeness (QED) is 0.717. The largest absolute Gasteiger partial charge is 0.503 e. The number of ketones is 1. The van der Waals surface area contributed by atoms with Crippen LogP contribution in [0.3, 0.4) is 0 Å². The van der Waals surface area contributed by atoms with Crippen LogP contribution in [-0.2, 0) is 14.3 Å². The number of ether oxygens (including phenoxy) is 2. The number of hydrogen-bond donors (Lipinski definition) is 1. The molecule has 1 heterocycles. The Labute approximate surface area is 160 Å². The van der Waals surface area contributed by atoms with Crippen molar-refractivity contribution >= 4 is 11.7 Å². The molecule has 0 fully saturated rings. The first kappa shape index (κ1) is 21.0. The summed E-state index contributed by atoms with van der Waals surface area (Å²) in [4.78, 5) is 26.8. The molecule has 0 bridgehead atoms. The summed E-state index contributed by atoms with van der Waals surface area (Å²) in [6.07, 6.45) is 0. The number of rotatable bonds is 9. The molecule has 148 valence electrons. The molecular weight excluding hydrogens is 346 g/mol. The molecule has 1 N–H and O–H groups in total. The molecule has 0 saturated carbocycles. The number of amides is 1. The van der Waals surface area contributed by atoms with Gasteiger partial charge in [0.15, 0.2) is 11.5 Å². The molecule has 1 aliphatic heterocycles. The van der Waals surface area contributed by atoms with E-state index in [1.165, 1.54) is 4.90 Å². The number of carbonyl (C=O) groups is 2. The van der Waals surface area contributed by atoms with E-state index in [1.54, 1.807) is 21.0 Å². The van der Waals surface area contributed by atoms with Crippen molar-refractivity contribution in [3.63, 3.8) is 0 Å². The van der Waals surface area contributed by atoms with E-state index in [2.05, 4.69) is 13.8 Å². The highest BCUT2D eigenvalue weighted by molar-refractivity contribution is 6.09. The fraction of sp³-hybridized carbons (Fsp3) is 0.524. The van der Waals surface area contributed by atoms with E-state index in [1.807, 2.05) is 24.3 Å². The molecule has 1 aromatic rings. The summed E-state index contributed by atoms with van der Waals surface area (Å²) in [5, 5.41) is 10.4. The minimum atomic E-state index is -0.648. The van der Waals surface area contributed by atoms with Crippen LogP contribution in [0.2, 0.25) is 0 Å². The van der Waals surface area contributed by atoms with E-state index in [0.717, 1.165) is 5.56 Å². The summed E-state index contributed by atoms with van der Waals surface area (Å²) in [5.41, 5.74) is 0.876. The molecule has 0 spiro atoms. The van der Waals surface area contributed by atoms with Gasteiger partial charge in [-0.1, -0.05) is 39.8 Å². The molecule has 1 atom stereocenters. The fourth-order valence-corrected chi connectivity index (χ4v) is 3.02. The summed E-state index contributed by atoms with van der Waals surface area (Å²) in [7, 11) is 1.55. The SMILES string of the molecule is COCCN1C(=O)C(O)=C(C(=O)C(C)C)C1c1cccc(OCC(C)C)c1. The van der Waals surface area contributed by atoms with Gasteiger partial charge >= 0.3 is 0 Å². The molecule has 2 rings (SSSR count). The number of benzene rings is 1. The number of nitrogens with zero attached hydrogens (tertiary/aromatic N) is 1. The maximum atomic E-state index is 12.7.